The van der Waals surface area contributed by atoms with Gasteiger partial charge in [-0.25, -0.2) is 9.37 Å². The smallest absolute Gasteiger partial charge is 0.213 e. The summed E-state index contributed by atoms with van der Waals surface area (Å²) in [7, 11) is 0. The van der Waals surface area contributed by atoms with Gasteiger partial charge in [-0.2, -0.15) is 5.26 Å². The Bertz CT molecular complexity index is 760. The van der Waals surface area contributed by atoms with E-state index in [4.69, 9.17) is 21.6 Å². The second kappa shape index (κ2) is 7.16. The first-order valence-electron chi connectivity index (χ1n) is 7.77. The molecular weight excluding hydrogens is 329 g/mol. The average Bonchev–Trinajstić information content (AvgIpc) is 3.08. The van der Waals surface area contributed by atoms with Crippen molar-refractivity contribution >= 4 is 11.6 Å². The van der Waals surface area contributed by atoms with E-state index in [1.165, 1.54) is 12.3 Å². The maximum atomic E-state index is 13.4. The summed E-state index contributed by atoms with van der Waals surface area (Å²) in [6.07, 6.45) is 1.40. The van der Waals surface area contributed by atoms with Crippen LogP contribution in [0.4, 0.5) is 4.39 Å². The zero-order valence-electron chi connectivity index (χ0n) is 13.2. The molecule has 2 heterocycles. The molecule has 24 heavy (non-hydrogen) atoms. The van der Waals surface area contributed by atoms with Crippen molar-refractivity contribution in [2.24, 2.45) is 5.92 Å². The summed E-state index contributed by atoms with van der Waals surface area (Å²) in [5.41, 5.74) is 1.50. The molecule has 3 rings (SSSR count). The Balaban J connectivity index is 1.74. The molecular formula is C18H17ClFN3O. The summed E-state index contributed by atoms with van der Waals surface area (Å²) in [5, 5.41) is 12.3. The highest BCUT2D eigenvalue weighted by atomic mass is 35.5. The van der Waals surface area contributed by atoms with E-state index >= 15 is 0 Å². The fourth-order valence-corrected chi connectivity index (χ4v) is 3.28. The SMILES string of the molecule is C[C@H](Oc1ccc(C#N)cn1)C1CNC[C@@H]1c1ccc(F)c(Cl)c1. The quantitative estimate of drug-likeness (QED) is 0.921. The number of pyridine rings is 1. The third-order valence-electron chi connectivity index (χ3n) is 4.41. The number of hydrogen-bond acceptors (Lipinski definition) is 4. The van der Waals surface area contributed by atoms with E-state index in [1.54, 1.807) is 24.3 Å². The summed E-state index contributed by atoms with van der Waals surface area (Å²) in [6.45, 7) is 3.59. The summed E-state index contributed by atoms with van der Waals surface area (Å²) in [5.74, 6) is 0.485. The van der Waals surface area contributed by atoms with E-state index < -0.39 is 5.82 Å². The van der Waals surface area contributed by atoms with E-state index in [-0.39, 0.29) is 23.0 Å². The van der Waals surface area contributed by atoms with Gasteiger partial charge in [-0.15, -0.1) is 0 Å². The molecule has 1 aromatic heterocycles. The second-order valence-corrected chi connectivity index (χ2v) is 6.33. The van der Waals surface area contributed by atoms with E-state index in [9.17, 15) is 4.39 Å². The highest BCUT2D eigenvalue weighted by Gasteiger charge is 2.34. The van der Waals surface area contributed by atoms with Crippen LogP contribution in [-0.2, 0) is 0 Å². The van der Waals surface area contributed by atoms with Crippen LogP contribution >= 0.6 is 11.6 Å². The third kappa shape index (κ3) is 3.50. The lowest BCUT2D eigenvalue weighted by atomic mass is 9.85. The summed E-state index contributed by atoms with van der Waals surface area (Å²) < 4.78 is 19.3. The van der Waals surface area contributed by atoms with E-state index in [0.717, 1.165) is 18.7 Å². The van der Waals surface area contributed by atoms with Crippen LogP contribution in [0.25, 0.3) is 0 Å². The fourth-order valence-electron chi connectivity index (χ4n) is 3.09. The molecule has 1 aliphatic heterocycles. The van der Waals surface area contributed by atoms with Crippen LogP contribution in [0, 0.1) is 23.1 Å². The largest absolute Gasteiger partial charge is 0.474 e. The first kappa shape index (κ1) is 16.7. The minimum absolute atomic E-state index is 0.0886. The van der Waals surface area contributed by atoms with Crippen molar-refractivity contribution in [1.29, 1.82) is 5.26 Å². The molecule has 0 amide bonds. The van der Waals surface area contributed by atoms with Gasteiger partial charge in [0.25, 0.3) is 0 Å². The van der Waals surface area contributed by atoms with Gasteiger partial charge in [0.05, 0.1) is 10.6 Å². The van der Waals surface area contributed by atoms with Gasteiger partial charge in [-0.1, -0.05) is 17.7 Å². The monoisotopic (exact) mass is 345 g/mol. The molecule has 0 spiro atoms. The minimum Gasteiger partial charge on any atom is -0.474 e. The predicted molar refractivity (Wildman–Crippen MR) is 89.6 cm³/mol. The van der Waals surface area contributed by atoms with Crippen molar-refractivity contribution in [1.82, 2.24) is 10.3 Å². The summed E-state index contributed by atoms with van der Waals surface area (Å²) in [4.78, 5) is 4.15. The molecule has 2 aromatic rings. The van der Waals surface area contributed by atoms with Gasteiger partial charge < -0.3 is 10.1 Å². The molecule has 4 nitrogen and oxygen atoms in total. The number of nitrogens with zero attached hydrogens (tertiary/aromatic N) is 2. The molecule has 1 aliphatic rings. The lowest BCUT2D eigenvalue weighted by Gasteiger charge is -2.25. The van der Waals surface area contributed by atoms with Gasteiger partial charge in [0.15, 0.2) is 0 Å². The van der Waals surface area contributed by atoms with E-state index in [2.05, 4.69) is 10.3 Å². The van der Waals surface area contributed by atoms with Crippen molar-refractivity contribution in [2.75, 3.05) is 13.1 Å². The van der Waals surface area contributed by atoms with Crippen LogP contribution in [0.5, 0.6) is 5.88 Å². The van der Waals surface area contributed by atoms with Gasteiger partial charge in [0.2, 0.25) is 5.88 Å². The molecule has 3 atom stereocenters. The van der Waals surface area contributed by atoms with Crippen LogP contribution in [0.2, 0.25) is 5.02 Å². The number of halogens is 2. The molecule has 0 bridgehead atoms. The molecule has 1 fully saturated rings. The normalized spacial score (nSPS) is 21.2. The number of nitrogens with one attached hydrogen (secondary N) is 1. The van der Waals surface area contributed by atoms with Gasteiger partial charge in [0, 0.05) is 37.2 Å². The molecule has 1 aromatic carbocycles. The fraction of sp³-hybridized carbons (Fsp3) is 0.333. The minimum atomic E-state index is -0.408. The Morgan fingerprint density at radius 3 is 2.88 bits per heavy atom. The van der Waals surface area contributed by atoms with Gasteiger partial charge in [0.1, 0.15) is 18.0 Å². The Kier molecular flexibility index (Phi) is 4.98. The highest BCUT2D eigenvalue weighted by Crippen LogP contribution is 2.33. The van der Waals surface area contributed by atoms with Crippen molar-refractivity contribution in [2.45, 2.75) is 18.9 Å². The number of aromatic nitrogens is 1. The number of nitriles is 1. The molecule has 6 heteroatoms. The first-order valence-corrected chi connectivity index (χ1v) is 8.14. The molecule has 0 radical (unpaired) electrons. The number of benzene rings is 1. The topological polar surface area (TPSA) is 57.9 Å². The highest BCUT2D eigenvalue weighted by molar-refractivity contribution is 6.30. The van der Waals surface area contributed by atoms with E-state index in [1.807, 2.05) is 13.0 Å². The molecule has 0 aliphatic carbocycles. The predicted octanol–water partition coefficient (Wildman–Crippen LogP) is 3.52. The number of ether oxygens (including phenoxy) is 1. The van der Waals surface area contributed by atoms with Crippen LogP contribution < -0.4 is 10.1 Å². The maximum absolute atomic E-state index is 13.4. The molecule has 124 valence electrons. The zero-order valence-corrected chi connectivity index (χ0v) is 13.9. The number of hydrogen-bond donors (Lipinski definition) is 1. The zero-order chi connectivity index (χ0) is 17.1. The third-order valence-corrected chi connectivity index (χ3v) is 4.70. The van der Waals surface area contributed by atoms with Gasteiger partial charge in [-0.3, -0.25) is 0 Å². The van der Waals surface area contributed by atoms with Crippen LogP contribution in [0.3, 0.4) is 0 Å². The van der Waals surface area contributed by atoms with E-state index in [0.29, 0.717) is 11.4 Å². The lowest BCUT2D eigenvalue weighted by molar-refractivity contribution is 0.145. The Morgan fingerprint density at radius 2 is 2.21 bits per heavy atom. The molecule has 1 saturated heterocycles. The van der Waals surface area contributed by atoms with Crippen LogP contribution in [0.15, 0.2) is 36.5 Å². The first-order chi connectivity index (χ1) is 11.6. The van der Waals surface area contributed by atoms with Gasteiger partial charge in [-0.05, 0) is 30.7 Å². The maximum Gasteiger partial charge on any atom is 0.213 e. The van der Waals surface area contributed by atoms with Crippen molar-refractivity contribution in [3.8, 4) is 11.9 Å². The molecule has 1 unspecified atom stereocenters. The van der Waals surface area contributed by atoms with Crippen LogP contribution in [0.1, 0.15) is 24.0 Å². The Morgan fingerprint density at radius 1 is 1.38 bits per heavy atom. The van der Waals surface area contributed by atoms with Crippen molar-refractivity contribution < 1.29 is 9.13 Å². The average molecular weight is 346 g/mol. The standard InChI is InChI=1S/C18H17ClFN3O/c1-11(24-18-5-2-12(7-21)8-23-18)14-9-22-10-15(14)13-3-4-17(20)16(19)6-13/h2-6,8,11,14-15,22H,9-10H2,1H3/t11-,14?,15+/m0/s1. The molecule has 1 N–H and O–H groups in total. The second-order valence-electron chi connectivity index (χ2n) is 5.92. The summed E-state index contributed by atoms with van der Waals surface area (Å²) in [6, 6.07) is 10.3. The number of rotatable bonds is 4. The van der Waals surface area contributed by atoms with Crippen molar-refractivity contribution in [3.63, 3.8) is 0 Å². The lowest BCUT2D eigenvalue weighted by Crippen LogP contribution is -2.29. The Labute approximate surface area is 145 Å². The van der Waals surface area contributed by atoms with Gasteiger partial charge >= 0.3 is 0 Å². The van der Waals surface area contributed by atoms with Crippen molar-refractivity contribution in [3.05, 3.63) is 58.5 Å². The summed E-state index contributed by atoms with van der Waals surface area (Å²) >= 11 is 5.91. The molecule has 0 saturated carbocycles. The Hall–Kier alpha value is -2.16. The van der Waals surface area contributed by atoms with Crippen LogP contribution in [-0.4, -0.2) is 24.2 Å².